The van der Waals surface area contributed by atoms with Crippen LogP contribution < -0.4 is 10.2 Å². The molecule has 2 aromatic carbocycles. The van der Waals surface area contributed by atoms with E-state index in [0.29, 0.717) is 17.3 Å². The Morgan fingerprint density at radius 1 is 1.20 bits per heavy atom. The molecule has 0 fully saturated rings. The number of fused-ring (bicyclic) bond motifs is 2. The molecule has 0 aliphatic carbocycles. The van der Waals surface area contributed by atoms with Gasteiger partial charge in [-0.15, -0.1) is 0 Å². The van der Waals surface area contributed by atoms with Gasteiger partial charge in [0, 0.05) is 36.7 Å². The Labute approximate surface area is 180 Å². The number of para-hydroxylation sites is 1. The molecule has 30 heavy (non-hydrogen) atoms. The van der Waals surface area contributed by atoms with Gasteiger partial charge in [0.15, 0.2) is 10.9 Å². The van der Waals surface area contributed by atoms with Gasteiger partial charge < -0.3 is 10.2 Å². The predicted molar refractivity (Wildman–Crippen MR) is 122 cm³/mol. The highest BCUT2D eigenvalue weighted by Gasteiger charge is 2.25. The highest BCUT2D eigenvalue weighted by molar-refractivity contribution is 8.00. The van der Waals surface area contributed by atoms with Crippen LogP contribution >= 0.6 is 11.8 Å². The summed E-state index contributed by atoms with van der Waals surface area (Å²) in [6.45, 7) is 6.90. The summed E-state index contributed by atoms with van der Waals surface area (Å²) >= 11 is 1.36. The first-order valence-electron chi connectivity index (χ1n) is 10.1. The molecule has 0 bridgehead atoms. The summed E-state index contributed by atoms with van der Waals surface area (Å²) in [6, 6.07) is 13.5. The molecule has 4 rings (SSSR count). The van der Waals surface area contributed by atoms with Gasteiger partial charge in [0.05, 0.1) is 10.8 Å². The SMILES string of the molecule is CCNc1nc(SC(C)C(=O)c2ccc3c(c2)CCN3C(C)=O)nc2ccccc12. The number of thioether (sulfide) groups is 1. The molecule has 1 aliphatic heterocycles. The number of nitrogens with zero attached hydrogens (tertiary/aromatic N) is 3. The van der Waals surface area contributed by atoms with E-state index in [1.54, 1.807) is 11.8 Å². The molecule has 3 aromatic rings. The minimum absolute atomic E-state index is 0.0293. The smallest absolute Gasteiger partial charge is 0.223 e. The Bertz CT molecular complexity index is 1130. The summed E-state index contributed by atoms with van der Waals surface area (Å²) in [5.74, 6) is 0.847. The molecular weight excluding hydrogens is 396 g/mol. The Morgan fingerprint density at radius 2 is 2.00 bits per heavy atom. The Kier molecular flexibility index (Phi) is 5.72. The molecule has 1 atom stereocenters. The van der Waals surface area contributed by atoms with Crippen molar-refractivity contribution < 1.29 is 9.59 Å². The molecular formula is C23H24N4O2S. The molecule has 1 N–H and O–H groups in total. The van der Waals surface area contributed by atoms with E-state index in [1.165, 1.54) is 11.8 Å². The van der Waals surface area contributed by atoms with Crippen molar-refractivity contribution in [3.05, 3.63) is 53.6 Å². The van der Waals surface area contributed by atoms with Crippen molar-refractivity contribution in [2.75, 3.05) is 23.3 Å². The summed E-state index contributed by atoms with van der Waals surface area (Å²) in [6.07, 6.45) is 0.775. The summed E-state index contributed by atoms with van der Waals surface area (Å²) in [5.41, 5.74) is 3.47. The maximum atomic E-state index is 13.1. The largest absolute Gasteiger partial charge is 0.370 e. The van der Waals surface area contributed by atoms with Crippen LogP contribution in [0.15, 0.2) is 47.6 Å². The number of ketones is 1. The van der Waals surface area contributed by atoms with Crippen LogP contribution in [0.4, 0.5) is 11.5 Å². The van der Waals surface area contributed by atoms with Gasteiger partial charge in [-0.1, -0.05) is 23.9 Å². The molecule has 6 nitrogen and oxygen atoms in total. The zero-order chi connectivity index (χ0) is 21.3. The van der Waals surface area contributed by atoms with E-state index in [2.05, 4.69) is 15.3 Å². The second kappa shape index (κ2) is 8.44. The number of carbonyl (C=O) groups excluding carboxylic acids is 2. The van der Waals surface area contributed by atoms with Crippen molar-refractivity contribution in [3.8, 4) is 0 Å². The van der Waals surface area contributed by atoms with E-state index >= 15 is 0 Å². The average Bonchev–Trinajstić information content (AvgIpc) is 3.17. The van der Waals surface area contributed by atoms with Crippen molar-refractivity contribution in [1.82, 2.24) is 9.97 Å². The fourth-order valence-corrected chi connectivity index (χ4v) is 4.59. The molecule has 1 aromatic heterocycles. The third-order valence-corrected chi connectivity index (χ3v) is 6.18. The molecule has 1 unspecified atom stereocenters. The van der Waals surface area contributed by atoms with E-state index in [0.717, 1.165) is 40.9 Å². The number of Topliss-reactive ketones (excluding diaryl/α,β-unsaturated/α-hetero) is 1. The number of anilines is 2. The van der Waals surface area contributed by atoms with Crippen LogP contribution in [-0.4, -0.2) is 40.0 Å². The first kappa shape index (κ1) is 20.3. The number of rotatable bonds is 6. The third kappa shape index (κ3) is 3.89. The number of carbonyl (C=O) groups is 2. The van der Waals surface area contributed by atoms with E-state index in [1.807, 2.05) is 56.3 Å². The average molecular weight is 421 g/mol. The lowest BCUT2D eigenvalue weighted by Gasteiger charge is -2.15. The van der Waals surface area contributed by atoms with Gasteiger partial charge in [-0.25, -0.2) is 9.97 Å². The van der Waals surface area contributed by atoms with E-state index in [9.17, 15) is 9.59 Å². The van der Waals surface area contributed by atoms with Crippen LogP contribution in [0, 0.1) is 0 Å². The highest BCUT2D eigenvalue weighted by atomic mass is 32.2. The summed E-state index contributed by atoms with van der Waals surface area (Å²) in [5, 5.41) is 4.50. The number of nitrogens with one attached hydrogen (secondary N) is 1. The molecule has 1 aliphatic rings. The molecule has 1 amide bonds. The van der Waals surface area contributed by atoms with Gasteiger partial charge >= 0.3 is 0 Å². The number of aromatic nitrogens is 2. The van der Waals surface area contributed by atoms with Crippen LogP contribution in [0.1, 0.15) is 36.7 Å². The first-order valence-corrected chi connectivity index (χ1v) is 11.0. The topological polar surface area (TPSA) is 75.2 Å². The standard InChI is InChI=1S/C23H24N4O2S/c1-4-24-22-18-7-5-6-8-19(18)25-23(26-22)30-14(2)21(29)17-9-10-20-16(13-17)11-12-27(20)15(3)28/h5-10,13-14H,4,11-12H2,1-3H3,(H,24,25,26). The lowest BCUT2D eigenvalue weighted by atomic mass is 10.0. The van der Waals surface area contributed by atoms with Crippen molar-refractivity contribution in [2.45, 2.75) is 37.6 Å². The van der Waals surface area contributed by atoms with Crippen molar-refractivity contribution in [2.24, 2.45) is 0 Å². The van der Waals surface area contributed by atoms with E-state index in [-0.39, 0.29) is 16.9 Å². The van der Waals surface area contributed by atoms with Crippen molar-refractivity contribution in [1.29, 1.82) is 0 Å². The zero-order valence-corrected chi connectivity index (χ0v) is 18.1. The molecule has 0 saturated carbocycles. The monoisotopic (exact) mass is 420 g/mol. The predicted octanol–water partition coefficient (Wildman–Crippen LogP) is 4.33. The lowest BCUT2D eigenvalue weighted by molar-refractivity contribution is -0.116. The van der Waals surface area contributed by atoms with Gasteiger partial charge in [0.25, 0.3) is 0 Å². The summed E-state index contributed by atoms with van der Waals surface area (Å²) in [4.78, 5) is 35.8. The van der Waals surface area contributed by atoms with Gasteiger partial charge in [0.2, 0.25) is 5.91 Å². The quantitative estimate of drug-likeness (QED) is 0.363. The Hall–Kier alpha value is -2.93. The van der Waals surface area contributed by atoms with Crippen LogP contribution in [0.2, 0.25) is 0 Å². The maximum Gasteiger partial charge on any atom is 0.223 e. The summed E-state index contributed by atoms with van der Waals surface area (Å²) in [7, 11) is 0. The molecule has 0 radical (unpaired) electrons. The van der Waals surface area contributed by atoms with Gasteiger partial charge in [0.1, 0.15) is 5.82 Å². The first-order chi connectivity index (χ1) is 14.5. The Morgan fingerprint density at radius 3 is 2.77 bits per heavy atom. The van der Waals surface area contributed by atoms with Crippen LogP contribution in [-0.2, 0) is 11.2 Å². The van der Waals surface area contributed by atoms with Gasteiger partial charge in [-0.3, -0.25) is 9.59 Å². The fraction of sp³-hybridized carbons (Fsp3) is 0.304. The number of hydrogen-bond acceptors (Lipinski definition) is 6. The van der Waals surface area contributed by atoms with Crippen molar-refractivity contribution >= 4 is 45.9 Å². The highest BCUT2D eigenvalue weighted by Crippen LogP contribution is 2.31. The maximum absolute atomic E-state index is 13.1. The normalized spacial score (nSPS) is 13.9. The third-order valence-electron chi connectivity index (χ3n) is 5.22. The van der Waals surface area contributed by atoms with Gasteiger partial charge in [-0.2, -0.15) is 0 Å². The second-order valence-corrected chi connectivity index (χ2v) is 8.60. The molecule has 7 heteroatoms. The molecule has 0 saturated heterocycles. The van der Waals surface area contributed by atoms with E-state index < -0.39 is 0 Å². The Balaban J connectivity index is 1.56. The molecule has 154 valence electrons. The fourth-order valence-electron chi connectivity index (χ4n) is 3.74. The van der Waals surface area contributed by atoms with Gasteiger partial charge in [-0.05, 0) is 56.2 Å². The van der Waals surface area contributed by atoms with Crippen molar-refractivity contribution in [3.63, 3.8) is 0 Å². The number of hydrogen-bond donors (Lipinski definition) is 1. The number of benzene rings is 2. The van der Waals surface area contributed by atoms with Crippen LogP contribution in [0.5, 0.6) is 0 Å². The number of amides is 1. The van der Waals surface area contributed by atoms with Crippen LogP contribution in [0.25, 0.3) is 10.9 Å². The molecule has 0 spiro atoms. The lowest BCUT2D eigenvalue weighted by Crippen LogP contribution is -2.25. The summed E-state index contributed by atoms with van der Waals surface area (Å²) < 4.78 is 0. The van der Waals surface area contributed by atoms with Crippen LogP contribution in [0.3, 0.4) is 0 Å². The molecule has 2 heterocycles. The minimum Gasteiger partial charge on any atom is -0.370 e. The second-order valence-electron chi connectivity index (χ2n) is 7.29. The minimum atomic E-state index is -0.330. The van der Waals surface area contributed by atoms with E-state index in [4.69, 9.17) is 0 Å². The zero-order valence-electron chi connectivity index (χ0n) is 17.3.